The fourth-order valence-corrected chi connectivity index (χ4v) is 6.76. The van der Waals surface area contributed by atoms with Gasteiger partial charge in [0.25, 0.3) is 0 Å². The van der Waals surface area contributed by atoms with Crippen LogP contribution in [0.4, 0.5) is 10.5 Å². The van der Waals surface area contributed by atoms with E-state index in [-0.39, 0.29) is 36.0 Å². The highest BCUT2D eigenvalue weighted by Crippen LogP contribution is 2.53. The minimum Gasteiger partial charge on any atom is -0.368 e. The number of amides is 2. The number of para-hydroxylation sites is 1. The lowest BCUT2D eigenvalue weighted by atomic mass is 9.65. The number of ketones is 1. The molecule has 3 aromatic carbocycles. The van der Waals surface area contributed by atoms with E-state index in [4.69, 9.17) is 0 Å². The highest BCUT2D eigenvalue weighted by atomic mass is 16.2. The number of hydrogen-bond acceptors (Lipinski definition) is 3. The first kappa shape index (κ1) is 22.6. The Balaban J connectivity index is 1.59. The Kier molecular flexibility index (Phi) is 5.08. The molecular formula is C31H31N3O2. The van der Waals surface area contributed by atoms with E-state index < -0.39 is 5.41 Å². The van der Waals surface area contributed by atoms with Gasteiger partial charge in [0, 0.05) is 25.4 Å². The van der Waals surface area contributed by atoms with Crippen molar-refractivity contribution in [3.63, 3.8) is 0 Å². The summed E-state index contributed by atoms with van der Waals surface area (Å²) in [6.45, 7) is 4.17. The van der Waals surface area contributed by atoms with Gasteiger partial charge in [-0.2, -0.15) is 0 Å². The first-order chi connectivity index (χ1) is 17.4. The number of fused-ring (bicyclic) bond motifs is 3. The van der Waals surface area contributed by atoms with Gasteiger partial charge in [-0.3, -0.25) is 4.79 Å². The number of carbonyl (C=O) groups excluding carboxylic acids is 2. The van der Waals surface area contributed by atoms with Gasteiger partial charge in [-0.25, -0.2) is 4.79 Å². The van der Waals surface area contributed by atoms with Crippen molar-refractivity contribution in [1.82, 2.24) is 9.80 Å². The SMILES string of the molecule is C[C@H]1[C@@H](c2ccccc2)N(C2C=C(c3ccccc3)C(=O)[C@]3(C)c4ccccc4N(C)C23)C(=O)N1C. The molecule has 5 atom stereocenters. The second kappa shape index (κ2) is 8.09. The molecule has 6 rings (SSSR count). The molecule has 0 bridgehead atoms. The highest BCUT2D eigenvalue weighted by Gasteiger charge is 2.60. The van der Waals surface area contributed by atoms with E-state index in [2.05, 4.69) is 56.1 Å². The Morgan fingerprint density at radius 3 is 2.08 bits per heavy atom. The molecule has 36 heavy (non-hydrogen) atoms. The van der Waals surface area contributed by atoms with E-state index in [0.717, 1.165) is 22.4 Å². The molecule has 5 heteroatoms. The van der Waals surface area contributed by atoms with Crippen molar-refractivity contribution in [3.05, 3.63) is 108 Å². The molecule has 2 amide bonds. The molecule has 0 spiro atoms. The molecule has 0 radical (unpaired) electrons. The number of carbonyl (C=O) groups is 2. The normalized spacial score (nSPS) is 29.3. The second-order valence-corrected chi connectivity index (χ2v) is 10.4. The molecule has 2 unspecified atom stereocenters. The standard InChI is InChI=1S/C31H31N3O2/c1-20-27(22-15-9-6-10-16-22)34(30(36)32(20)3)26-19-23(21-13-7-5-8-14-21)29(35)31(2)24-17-11-12-18-25(24)33(4)28(26)31/h5-20,26-28H,1-4H3/t20-,26?,27-,28?,31+/m0/s1. The van der Waals surface area contributed by atoms with E-state index in [1.54, 1.807) is 0 Å². The Labute approximate surface area is 212 Å². The van der Waals surface area contributed by atoms with Crippen molar-refractivity contribution in [2.45, 2.75) is 43.4 Å². The van der Waals surface area contributed by atoms with Gasteiger partial charge in [0.1, 0.15) is 0 Å². The summed E-state index contributed by atoms with van der Waals surface area (Å²) < 4.78 is 0. The van der Waals surface area contributed by atoms with Crippen molar-refractivity contribution in [2.24, 2.45) is 0 Å². The number of nitrogens with zero attached hydrogens (tertiary/aromatic N) is 3. The van der Waals surface area contributed by atoms with E-state index in [1.165, 1.54) is 0 Å². The number of anilines is 1. The summed E-state index contributed by atoms with van der Waals surface area (Å²) in [5.41, 5.74) is 3.97. The van der Waals surface area contributed by atoms with E-state index in [0.29, 0.717) is 5.57 Å². The lowest BCUT2D eigenvalue weighted by Crippen LogP contribution is -2.61. The minimum atomic E-state index is -0.790. The molecule has 1 saturated heterocycles. The minimum absolute atomic E-state index is 0.00792. The van der Waals surface area contributed by atoms with Crippen molar-refractivity contribution < 1.29 is 9.59 Å². The van der Waals surface area contributed by atoms with Crippen LogP contribution in [-0.4, -0.2) is 53.8 Å². The van der Waals surface area contributed by atoms with Gasteiger partial charge in [0.15, 0.2) is 5.78 Å². The Bertz CT molecular complexity index is 1370. The maximum atomic E-state index is 14.4. The predicted molar refractivity (Wildman–Crippen MR) is 143 cm³/mol. The van der Waals surface area contributed by atoms with Gasteiger partial charge in [-0.1, -0.05) is 78.9 Å². The Morgan fingerprint density at radius 1 is 0.778 bits per heavy atom. The zero-order valence-electron chi connectivity index (χ0n) is 21.1. The summed E-state index contributed by atoms with van der Waals surface area (Å²) in [4.78, 5) is 34.3. The number of allylic oxidation sites excluding steroid dienone is 1. The molecule has 0 saturated carbocycles. The van der Waals surface area contributed by atoms with E-state index in [1.807, 2.05) is 77.5 Å². The number of urea groups is 1. The van der Waals surface area contributed by atoms with Gasteiger partial charge >= 0.3 is 6.03 Å². The Hall–Kier alpha value is -3.86. The van der Waals surface area contributed by atoms with Crippen LogP contribution < -0.4 is 4.90 Å². The summed E-state index contributed by atoms with van der Waals surface area (Å²) in [5, 5.41) is 0. The van der Waals surface area contributed by atoms with Gasteiger partial charge in [0.2, 0.25) is 0 Å². The molecule has 182 valence electrons. The number of rotatable bonds is 3. The van der Waals surface area contributed by atoms with Crippen molar-refractivity contribution in [1.29, 1.82) is 0 Å². The molecule has 2 heterocycles. The summed E-state index contributed by atoms with van der Waals surface area (Å²) in [7, 11) is 3.94. The van der Waals surface area contributed by atoms with Gasteiger partial charge in [-0.05, 0) is 42.7 Å². The molecule has 1 aliphatic carbocycles. The van der Waals surface area contributed by atoms with Crippen LogP contribution in [0.15, 0.2) is 91.0 Å². The van der Waals surface area contributed by atoms with E-state index >= 15 is 0 Å². The molecule has 3 aromatic rings. The highest BCUT2D eigenvalue weighted by molar-refractivity contribution is 6.27. The summed E-state index contributed by atoms with van der Waals surface area (Å²) >= 11 is 0. The van der Waals surface area contributed by atoms with E-state index in [9.17, 15) is 9.59 Å². The largest absolute Gasteiger partial charge is 0.368 e. The maximum Gasteiger partial charge on any atom is 0.321 e. The van der Waals surface area contributed by atoms with Crippen LogP contribution in [0.2, 0.25) is 0 Å². The smallest absolute Gasteiger partial charge is 0.321 e. The Morgan fingerprint density at radius 2 is 1.39 bits per heavy atom. The van der Waals surface area contributed by atoms with Gasteiger partial charge in [0.05, 0.1) is 29.6 Å². The van der Waals surface area contributed by atoms with Crippen molar-refractivity contribution >= 4 is 23.1 Å². The predicted octanol–water partition coefficient (Wildman–Crippen LogP) is 5.29. The van der Waals surface area contributed by atoms with Crippen LogP contribution in [0, 0.1) is 0 Å². The maximum absolute atomic E-state index is 14.4. The molecular weight excluding hydrogens is 446 g/mol. The molecule has 0 N–H and O–H groups in total. The number of hydrogen-bond donors (Lipinski definition) is 0. The van der Waals surface area contributed by atoms with Crippen molar-refractivity contribution in [3.8, 4) is 0 Å². The molecule has 3 aliphatic rings. The molecule has 2 aliphatic heterocycles. The molecule has 5 nitrogen and oxygen atoms in total. The van der Waals surface area contributed by atoms with Crippen LogP contribution in [0.25, 0.3) is 5.57 Å². The first-order valence-corrected chi connectivity index (χ1v) is 12.6. The summed E-state index contributed by atoms with van der Waals surface area (Å²) in [6, 6.07) is 27.6. The number of Topliss-reactive ketones (excluding diaryl/α,β-unsaturated/α-hetero) is 1. The zero-order chi connectivity index (χ0) is 25.2. The second-order valence-electron chi connectivity index (χ2n) is 10.4. The first-order valence-electron chi connectivity index (χ1n) is 12.6. The van der Waals surface area contributed by atoms with Gasteiger partial charge in [-0.15, -0.1) is 0 Å². The third-order valence-corrected chi connectivity index (χ3v) is 8.67. The average molecular weight is 478 g/mol. The summed E-state index contributed by atoms with van der Waals surface area (Å²) in [6.07, 6.45) is 2.06. The monoisotopic (exact) mass is 477 g/mol. The lowest BCUT2D eigenvalue weighted by molar-refractivity contribution is -0.119. The lowest BCUT2D eigenvalue weighted by Gasteiger charge is -2.47. The van der Waals surface area contributed by atoms with Crippen LogP contribution in [0.1, 0.15) is 36.6 Å². The fraction of sp³-hybridized carbons (Fsp3) is 0.290. The third-order valence-electron chi connectivity index (χ3n) is 8.67. The molecule has 0 aromatic heterocycles. The van der Waals surface area contributed by atoms with Crippen LogP contribution in [0.3, 0.4) is 0 Å². The average Bonchev–Trinajstić information content (AvgIpc) is 3.29. The van der Waals surface area contributed by atoms with Gasteiger partial charge < -0.3 is 14.7 Å². The zero-order valence-corrected chi connectivity index (χ0v) is 21.1. The number of benzene rings is 3. The third kappa shape index (κ3) is 2.95. The molecule has 1 fully saturated rings. The quantitative estimate of drug-likeness (QED) is 0.515. The van der Waals surface area contributed by atoms with Crippen molar-refractivity contribution in [2.75, 3.05) is 19.0 Å². The topological polar surface area (TPSA) is 43.9 Å². The van der Waals surface area contributed by atoms with Crippen LogP contribution in [-0.2, 0) is 10.2 Å². The van der Waals surface area contributed by atoms with Crippen LogP contribution in [0.5, 0.6) is 0 Å². The van der Waals surface area contributed by atoms with Crippen LogP contribution >= 0.6 is 0 Å². The fourth-order valence-electron chi connectivity index (χ4n) is 6.76. The number of likely N-dealkylation sites (N-methyl/N-ethyl adjacent to an activating group) is 2. The summed E-state index contributed by atoms with van der Waals surface area (Å²) in [5.74, 6) is 0.107.